The maximum absolute atomic E-state index is 13.2. The molecule has 1 aliphatic carbocycles. The van der Waals surface area contributed by atoms with Gasteiger partial charge in [0.05, 0.1) is 12.0 Å². The van der Waals surface area contributed by atoms with E-state index in [0.29, 0.717) is 6.54 Å². The van der Waals surface area contributed by atoms with Crippen molar-refractivity contribution < 1.29 is 9.59 Å². The van der Waals surface area contributed by atoms with Crippen LogP contribution in [0.5, 0.6) is 0 Å². The Morgan fingerprint density at radius 3 is 2.44 bits per heavy atom. The highest BCUT2D eigenvalue weighted by Crippen LogP contribution is 2.37. The SMILES string of the molecule is Cc1ccccc1[C@@H]1CCCN1C(=O)[C@@H]1CCCN(C(=O)C2CC2)C1. The minimum atomic E-state index is -0.0129. The van der Waals surface area contributed by atoms with E-state index in [-0.39, 0.29) is 29.7 Å². The number of likely N-dealkylation sites (tertiary alicyclic amines) is 2. The van der Waals surface area contributed by atoms with Crippen LogP contribution >= 0.6 is 0 Å². The van der Waals surface area contributed by atoms with Crippen LogP contribution in [0.1, 0.15) is 55.7 Å². The van der Waals surface area contributed by atoms with Gasteiger partial charge in [-0.1, -0.05) is 24.3 Å². The van der Waals surface area contributed by atoms with E-state index in [1.54, 1.807) is 0 Å². The number of carbonyl (C=O) groups is 2. The lowest BCUT2D eigenvalue weighted by Crippen LogP contribution is -2.47. The molecule has 4 nitrogen and oxygen atoms in total. The van der Waals surface area contributed by atoms with Gasteiger partial charge in [-0.25, -0.2) is 0 Å². The molecule has 1 aromatic carbocycles. The molecule has 1 saturated carbocycles. The molecule has 0 N–H and O–H groups in total. The Bertz CT molecular complexity index is 668. The predicted octanol–water partition coefficient (Wildman–Crippen LogP) is 3.31. The second kappa shape index (κ2) is 6.81. The first-order valence-corrected chi connectivity index (χ1v) is 9.80. The first kappa shape index (κ1) is 16.6. The molecule has 3 aliphatic rings. The van der Waals surface area contributed by atoms with Gasteiger partial charge in [0.1, 0.15) is 0 Å². The van der Waals surface area contributed by atoms with Crippen molar-refractivity contribution in [2.75, 3.05) is 19.6 Å². The number of piperidine rings is 1. The van der Waals surface area contributed by atoms with Crippen molar-refractivity contribution in [3.63, 3.8) is 0 Å². The molecule has 3 fully saturated rings. The quantitative estimate of drug-likeness (QED) is 0.847. The summed E-state index contributed by atoms with van der Waals surface area (Å²) in [6.07, 6.45) is 6.07. The van der Waals surface area contributed by atoms with Gasteiger partial charge in [0.15, 0.2) is 0 Å². The molecule has 2 atom stereocenters. The third-order valence-corrected chi connectivity index (χ3v) is 6.09. The fraction of sp³-hybridized carbons (Fsp3) is 0.619. The molecule has 0 bridgehead atoms. The smallest absolute Gasteiger partial charge is 0.227 e. The molecule has 4 rings (SSSR count). The summed E-state index contributed by atoms with van der Waals surface area (Å²) in [5.74, 6) is 0.787. The number of rotatable bonds is 3. The number of hydrogen-bond donors (Lipinski definition) is 0. The van der Waals surface area contributed by atoms with Crippen molar-refractivity contribution in [1.82, 2.24) is 9.80 Å². The second-order valence-corrected chi connectivity index (χ2v) is 7.94. The van der Waals surface area contributed by atoms with Crippen LogP contribution in [0.2, 0.25) is 0 Å². The van der Waals surface area contributed by atoms with Crippen LogP contribution in [0.25, 0.3) is 0 Å². The number of nitrogens with zero attached hydrogens (tertiary/aromatic N) is 2. The normalized spacial score (nSPS) is 26.8. The Morgan fingerprint density at radius 1 is 0.920 bits per heavy atom. The average molecular weight is 340 g/mol. The van der Waals surface area contributed by atoms with Gasteiger partial charge in [-0.2, -0.15) is 0 Å². The molecular weight excluding hydrogens is 312 g/mol. The largest absolute Gasteiger partial charge is 0.342 e. The summed E-state index contributed by atoms with van der Waals surface area (Å²) >= 11 is 0. The lowest BCUT2D eigenvalue weighted by Gasteiger charge is -2.36. The summed E-state index contributed by atoms with van der Waals surface area (Å²) in [4.78, 5) is 29.7. The molecule has 2 saturated heterocycles. The minimum Gasteiger partial charge on any atom is -0.342 e. The lowest BCUT2D eigenvalue weighted by molar-refractivity contribution is -0.142. The fourth-order valence-electron chi connectivity index (χ4n) is 4.52. The van der Waals surface area contributed by atoms with E-state index >= 15 is 0 Å². The number of aryl methyl sites for hydroxylation is 1. The summed E-state index contributed by atoms with van der Waals surface area (Å²) < 4.78 is 0. The molecule has 134 valence electrons. The predicted molar refractivity (Wildman–Crippen MR) is 96.9 cm³/mol. The van der Waals surface area contributed by atoms with Crippen LogP contribution in [0.15, 0.2) is 24.3 Å². The van der Waals surface area contributed by atoms with Crippen molar-refractivity contribution >= 4 is 11.8 Å². The lowest BCUT2D eigenvalue weighted by atomic mass is 9.94. The van der Waals surface area contributed by atoms with E-state index in [0.717, 1.165) is 51.6 Å². The molecule has 0 radical (unpaired) electrons. The molecule has 25 heavy (non-hydrogen) atoms. The third-order valence-electron chi connectivity index (χ3n) is 6.09. The molecule has 2 aliphatic heterocycles. The average Bonchev–Trinajstić information content (AvgIpc) is 3.38. The molecule has 0 spiro atoms. The third kappa shape index (κ3) is 3.31. The van der Waals surface area contributed by atoms with Gasteiger partial charge in [-0.3, -0.25) is 9.59 Å². The van der Waals surface area contributed by atoms with Crippen molar-refractivity contribution in [3.05, 3.63) is 35.4 Å². The Hall–Kier alpha value is -1.84. The first-order chi connectivity index (χ1) is 12.1. The van der Waals surface area contributed by atoms with E-state index in [9.17, 15) is 9.59 Å². The summed E-state index contributed by atoms with van der Waals surface area (Å²) in [5.41, 5.74) is 2.55. The van der Waals surface area contributed by atoms with E-state index < -0.39 is 0 Å². The number of hydrogen-bond acceptors (Lipinski definition) is 2. The van der Waals surface area contributed by atoms with Crippen LogP contribution in [-0.4, -0.2) is 41.2 Å². The molecule has 1 aromatic rings. The molecule has 2 amide bonds. The van der Waals surface area contributed by atoms with Crippen molar-refractivity contribution in [2.24, 2.45) is 11.8 Å². The molecule has 0 unspecified atom stereocenters. The monoisotopic (exact) mass is 340 g/mol. The number of amides is 2. The van der Waals surface area contributed by atoms with E-state index in [2.05, 4.69) is 36.1 Å². The van der Waals surface area contributed by atoms with Crippen molar-refractivity contribution in [1.29, 1.82) is 0 Å². The zero-order valence-electron chi connectivity index (χ0n) is 15.1. The van der Waals surface area contributed by atoms with Gasteiger partial charge in [-0.05, 0) is 56.6 Å². The van der Waals surface area contributed by atoms with Crippen molar-refractivity contribution in [3.8, 4) is 0 Å². The fourth-order valence-corrected chi connectivity index (χ4v) is 4.52. The highest BCUT2D eigenvalue weighted by atomic mass is 16.2. The Morgan fingerprint density at radius 2 is 1.68 bits per heavy atom. The zero-order valence-corrected chi connectivity index (χ0v) is 15.1. The van der Waals surface area contributed by atoms with Gasteiger partial charge in [0, 0.05) is 25.6 Å². The maximum atomic E-state index is 13.2. The summed E-state index contributed by atoms with van der Waals surface area (Å²) in [6, 6.07) is 8.63. The van der Waals surface area contributed by atoms with E-state index in [1.165, 1.54) is 11.1 Å². The number of benzene rings is 1. The maximum Gasteiger partial charge on any atom is 0.227 e. The Kier molecular flexibility index (Phi) is 4.53. The second-order valence-electron chi connectivity index (χ2n) is 7.94. The van der Waals surface area contributed by atoms with Crippen LogP contribution in [-0.2, 0) is 9.59 Å². The molecule has 2 heterocycles. The summed E-state index contributed by atoms with van der Waals surface area (Å²) in [5, 5.41) is 0. The Labute approximate surface area is 150 Å². The van der Waals surface area contributed by atoms with Crippen LogP contribution in [0.3, 0.4) is 0 Å². The van der Waals surface area contributed by atoms with E-state index in [1.807, 2.05) is 4.90 Å². The molecular formula is C21H28N2O2. The zero-order chi connectivity index (χ0) is 17.4. The van der Waals surface area contributed by atoms with Gasteiger partial charge in [0.2, 0.25) is 11.8 Å². The minimum absolute atomic E-state index is 0.0129. The highest BCUT2D eigenvalue weighted by Gasteiger charge is 2.39. The molecule has 0 aromatic heterocycles. The summed E-state index contributed by atoms with van der Waals surface area (Å²) in [6.45, 7) is 4.45. The van der Waals surface area contributed by atoms with Gasteiger partial charge in [0.25, 0.3) is 0 Å². The topological polar surface area (TPSA) is 40.6 Å². The van der Waals surface area contributed by atoms with Crippen LogP contribution in [0, 0.1) is 18.8 Å². The first-order valence-electron chi connectivity index (χ1n) is 9.80. The van der Waals surface area contributed by atoms with Gasteiger partial charge in [-0.15, -0.1) is 0 Å². The number of carbonyl (C=O) groups excluding carboxylic acids is 2. The Balaban J connectivity index is 1.47. The van der Waals surface area contributed by atoms with Crippen molar-refractivity contribution in [2.45, 2.75) is 51.5 Å². The summed E-state index contributed by atoms with van der Waals surface area (Å²) in [7, 11) is 0. The van der Waals surface area contributed by atoms with E-state index in [4.69, 9.17) is 0 Å². The van der Waals surface area contributed by atoms with Crippen LogP contribution in [0.4, 0.5) is 0 Å². The van der Waals surface area contributed by atoms with Gasteiger partial charge >= 0.3 is 0 Å². The highest BCUT2D eigenvalue weighted by molar-refractivity contribution is 5.84. The standard InChI is InChI=1S/C21H28N2O2/c1-15-6-2-3-8-18(15)19-9-5-13-23(19)21(25)17-7-4-12-22(14-17)20(24)16-10-11-16/h2-3,6,8,16-17,19H,4-5,7,9-14H2,1H3/t17-,19+/m1/s1. The van der Waals surface area contributed by atoms with Gasteiger partial charge < -0.3 is 9.80 Å². The molecule has 4 heteroatoms. The van der Waals surface area contributed by atoms with Crippen LogP contribution < -0.4 is 0 Å².